The molecule has 1 aliphatic heterocycles. The summed E-state index contributed by atoms with van der Waals surface area (Å²) in [5.41, 5.74) is 1.17. The Bertz CT molecular complexity index is 474. The maximum atomic E-state index is 6.02. The predicted molar refractivity (Wildman–Crippen MR) is 87.3 cm³/mol. The highest BCUT2D eigenvalue weighted by Crippen LogP contribution is 2.22. The van der Waals surface area contributed by atoms with Gasteiger partial charge in [0.25, 0.3) is 0 Å². The minimum Gasteiger partial charge on any atom is -0.378 e. The summed E-state index contributed by atoms with van der Waals surface area (Å²) in [6, 6.07) is 8.55. The van der Waals surface area contributed by atoms with Gasteiger partial charge in [-0.25, -0.2) is 0 Å². The second-order valence-corrected chi connectivity index (χ2v) is 6.29. The van der Waals surface area contributed by atoms with Crippen LogP contribution in [-0.2, 0) is 4.74 Å². The van der Waals surface area contributed by atoms with E-state index in [1.54, 1.807) is 0 Å². The van der Waals surface area contributed by atoms with Crippen LogP contribution in [0, 0.1) is 0 Å². The van der Waals surface area contributed by atoms with Crippen molar-refractivity contribution in [2.45, 2.75) is 38.1 Å². The van der Waals surface area contributed by atoms with Crippen LogP contribution in [-0.4, -0.2) is 43.1 Å². The Kier molecular flexibility index (Phi) is 5.15. The highest BCUT2D eigenvalue weighted by Gasteiger charge is 2.20. The second kappa shape index (κ2) is 7.28. The molecule has 3 rings (SSSR count). The summed E-state index contributed by atoms with van der Waals surface area (Å²) in [4.78, 5) is 7.47. The molecule has 1 aromatic rings. The number of rotatable bonds is 2. The van der Waals surface area contributed by atoms with Gasteiger partial charge in [-0.2, -0.15) is 0 Å². The van der Waals surface area contributed by atoms with Crippen LogP contribution in [0.1, 0.15) is 37.7 Å². The van der Waals surface area contributed by atoms with Gasteiger partial charge in [0, 0.05) is 23.7 Å². The molecule has 2 fully saturated rings. The average Bonchev–Trinajstić information content (AvgIpc) is 2.55. The minimum atomic E-state index is 0.479. The average molecular weight is 307 g/mol. The van der Waals surface area contributed by atoms with E-state index in [1.807, 2.05) is 12.1 Å². The van der Waals surface area contributed by atoms with Gasteiger partial charge >= 0.3 is 0 Å². The summed E-state index contributed by atoms with van der Waals surface area (Å²) in [5.74, 6) is 1.13. The molecule has 0 radical (unpaired) electrons. The third-order valence-electron chi connectivity index (χ3n) is 4.29. The molecular formula is C17H23ClN2O. The van der Waals surface area contributed by atoms with Gasteiger partial charge in [0.1, 0.15) is 5.84 Å². The number of halogens is 1. The van der Waals surface area contributed by atoms with Crippen molar-refractivity contribution in [2.75, 3.05) is 26.3 Å². The first-order valence-electron chi connectivity index (χ1n) is 7.99. The van der Waals surface area contributed by atoms with Gasteiger partial charge < -0.3 is 9.64 Å². The zero-order valence-electron chi connectivity index (χ0n) is 12.4. The van der Waals surface area contributed by atoms with Crippen molar-refractivity contribution in [3.8, 4) is 0 Å². The van der Waals surface area contributed by atoms with Crippen molar-refractivity contribution in [3.63, 3.8) is 0 Å². The number of ether oxygens (including phenoxy) is 1. The van der Waals surface area contributed by atoms with Crippen molar-refractivity contribution < 1.29 is 4.74 Å². The van der Waals surface area contributed by atoms with E-state index in [9.17, 15) is 0 Å². The van der Waals surface area contributed by atoms with Gasteiger partial charge in [0.15, 0.2) is 0 Å². The monoisotopic (exact) mass is 306 g/mol. The summed E-state index contributed by atoms with van der Waals surface area (Å²) in [5, 5.41) is 0.776. The van der Waals surface area contributed by atoms with E-state index in [0.29, 0.717) is 6.04 Å². The number of benzene rings is 1. The second-order valence-electron chi connectivity index (χ2n) is 5.85. The summed E-state index contributed by atoms with van der Waals surface area (Å²) in [7, 11) is 0. The van der Waals surface area contributed by atoms with Gasteiger partial charge in [0.2, 0.25) is 0 Å². The van der Waals surface area contributed by atoms with Crippen LogP contribution in [0.4, 0.5) is 0 Å². The van der Waals surface area contributed by atoms with Crippen molar-refractivity contribution >= 4 is 17.4 Å². The first-order chi connectivity index (χ1) is 10.3. The van der Waals surface area contributed by atoms with Gasteiger partial charge in [0.05, 0.1) is 19.3 Å². The van der Waals surface area contributed by atoms with Crippen molar-refractivity contribution in [1.82, 2.24) is 4.90 Å². The van der Waals surface area contributed by atoms with Crippen molar-refractivity contribution in [3.05, 3.63) is 34.9 Å². The summed E-state index contributed by atoms with van der Waals surface area (Å²) >= 11 is 6.02. The lowest BCUT2D eigenvalue weighted by Crippen LogP contribution is -2.41. The number of amidine groups is 1. The molecule has 0 N–H and O–H groups in total. The third kappa shape index (κ3) is 3.98. The van der Waals surface area contributed by atoms with Crippen LogP contribution in [0.2, 0.25) is 5.02 Å². The fourth-order valence-electron chi connectivity index (χ4n) is 3.10. The molecular weight excluding hydrogens is 284 g/mol. The Hall–Kier alpha value is -1.06. The zero-order valence-corrected chi connectivity index (χ0v) is 13.2. The Morgan fingerprint density at radius 1 is 1.05 bits per heavy atom. The lowest BCUT2D eigenvalue weighted by atomic mass is 9.96. The molecule has 1 aromatic carbocycles. The molecule has 2 aliphatic rings. The molecule has 1 heterocycles. The van der Waals surface area contributed by atoms with E-state index in [4.69, 9.17) is 21.3 Å². The quantitative estimate of drug-likeness (QED) is 0.614. The predicted octanol–water partition coefficient (Wildman–Crippen LogP) is 3.75. The highest BCUT2D eigenvalue weighted by molar-refractivity contribution is 6.30. The first-order valence-corrected chi connectivity index (χ1v) is 8.37. The molecule has 3 nitrogen and oxygen atoms in total. The van der Waals surface area contributed by atoms with E-state index in [-0.39, 0.29) is 0 Å². The molecule has 21 heavy (non-hydrogen) atoms. The molecule has 0 amide bonds. The lowest BCUT2D eigenvalue weighted by Gasteiger charge is -2.31. The fourth-order valence-corrected chi connectivity index (χ4v) is 3.22. The smallest absolute Gasteiger partial charge is 0.131 e. The van der Waals surface area contributed by atoms with Crippen LogP contribution < -0.4 is 0 Å². The number of nitrogens with zero attached hydrogens (tertiary/aromatic N) is 2. The van der Waals surface area contributed by atoms with Crippen LogP contribution in [0.3, 0.4) is 0 Å². The Morgan fingerprint density at radius 2 is 1.71 bits per heavy atom. The van der Waals surface area contributed by atoms with Crippen molar-refractivity contribution in [2.24, 2.45) is 4.99 Å². The molecule has 0 spiro atoms. The molecule has 1 aliphatic carbocycles. The number of aliphatic imine (C=N–C) groups is 1. The third-order valence-corrected chi connectivity index (χ3v) is 4.54. The number of hydrogen-bond acceptors (Lipinski definition) is 2. The molecule has 0 bridgehead atoms. The van der Waals surface area contributed by atoms with E-state index in [1.165, 1.54) is 37.7 Å². The number of hydrogen-bond donors (Lipinski definition) is 0. The largest absolute Gasteiger partial charge is 0.378 e. The standard InChI is InChI=1S/C17H23ClN2O/c18-15-8-6-14(7-9-15)17(20-10-12-21-13-11-20)19-16-4-2-1-3-5-16/h6-9,16H,1-5,10-13H2/b19-17-. The Labute approximate surface area is 132 Å². The molecule has 1 saturated carbocycles. The minimum absolute atomic E-state index is 0.479. The molecule has 4 heteroatoms. The van der Waals surface area contributed by atoms with Crippen LogP contribution >= 0.6 is 11.6 Å². The van der Waals surface area contributed by atoms with Gasteiger partial charge in [-0.1, -0.05) is 30.9 Å². The van der Waals surface area contributed by atoms with Gasteiger partial charge in [-0.05, 0) is 37.1 Å². The maximum Gasteiger partial charge on any atom is 0.131 e. The molecule has 114 valence electrons. The Balaban J connectivity index is 1.85. The van der Waals surface area contributed by atoms with E-state index in [0.717, 1.165) is 37.2 Å². The highest BCUT2D eigenvalue weighted by atomic mass is 35.5. The van der Waals surface area contributed by atoms with E-state index in [2.05, 4.69) is 17.0 Å². The zero-order chi connectivity index (χ0) is 14.5. The first kappa shape index (κ1) is 14.9. The normalized spacial score (nSPS) is 21.6. The summed E-state index contributed by atoms with van der Waals surface area (Å²) in [6.07, 6.45) is 6.43. The molecule has 0 unspecified atom stereocenters. The maximum absolute atomic E-state index is 6.02. The van der Waals surface area contributed by atoms with Crippen LogP contribution in [0.5, 0.6) is 0 Å². The molecule has 0 atom stereocenters. The van der Waals surface area contributed by atoms with Crippen molar-refractivity contribution in [1.29, 1.82) is 0 Å². The summed E-state index contributed by atoms with van der Waals surface area (Å²) < 4.78 is 5.48. The van der Waals surface area contributed by atoms with Gasteiger partial charge in [-0.3, -0.25) is 4.99 Å². The lowest BCUT2D eigenvalue weighted by molar-refractivity contribution is 0.0680. The summed E-state index contributed by atoms with van der Waals surface area (Å²) in [6.45, 7) is 3.43. The van der Waals surface area contributed by atoms with Crippen LogP contribution in [0.15, 0.2) is 29.3 Å². The Morgan fingerprint density at radius 3 is 2.38 bits per heavy atom. The fraction of sp³-hybridized carbons (Fsp3) is 0.588. The van der Waals surface area contributed by atoms with E-state index < -0.39 is 0 Å². The van der Waals surface area contributed by atoms with Gasteiger partial charge in [-0.15, -0.1) is 0 Å². The SMILES string of the molecule is Clc1ccc(/C(=N/C2CCCCC2)N2CCOCC2)cc1. The molecule has 1 saturated heterocycles. The van der Waals surface area contributed by atoms with Crippen LogP contribution in [0.25, 0.3) is 0 Å². The number of morpholine rings is 1. The van der Waals surface area contributed by atoms with E-state index >= 15 is 0 Å². The topological polar surface area (TPSA) is 24.8 Å². The molecule has 0 aromatic heterocycles.